The molecule has 0 aliphatic carbocycles. The maximum atomic E-state index is 12.8. The van der Waals surface area contributed by atoms with E-state index in [1.54, 1.807) is 36.4 Å². The van der Waals surface area contributed by atoms with Gasteiger partial charge in [-0.1, -0.05) is 12.1 Å². The van der Waals surface area contributed by atoms with Gasteiger partial charge in [-0.3, -0.25) is 29.9 Å². The first-order chi connectivity index (χ1) is 15.3. The minimum absolute atomic E-state index is 0.0527. The minimum atomic E-state index is -0.529. The fraction of sp³-hybridized carbons (Fsp3) is 0.0833. The molecule has 0 radical (unpaired) electrons. The molecule has 158 valence electrons. The lowest BCUT2D eigenvalue weighted by atomic mass is 10.0. The molecule has 3 heterocycles. The molecule has 0 atom stereocenters. The largest absolute Gasteiger partial charge is 0.457 e. The maximum Gasteiger partial charge on any atom is 0.282 e. The standard InChI is InChI=1S/C24H17N3O5/c1-12-3-5-15(9-13(12)2)27-24(31)19(23(30)26-27)11-16-6-8-20(32-16)14-4-7-17-18(10-14)22(29)25-21(17)28/h3-11H,1-2H3,(H,26,30)(H,25,28,29)/b19-11-. The zero-order chi connectivity index (χ0) is 22.6. The van der Waals surface area contributed by atoms with E-state index in [-0.39, 0.29) is 11.1 Å². The SMILES string of the molecule is Cc1ccc(N2NC(=O)/C(=C/c3ccc(-c4ccc5c(c4)C(=O)NC5=O)o3)C2=O)cc1C. The third-order valence-electron chi connectivity index (χ3n) is 5.57. The molecule has 0 saturated carbocycles. The number of hydrogen-bond donors (Lipinski definition) is 2. The Morgan fingerprint density at radius 1 is 0.812 bits per heavy atom. The van der Waals surface area contributed by atoms with E-state index in [9.17, 15) is 19.2 Å². The Labute approximate surface area is 182 Å². The molecule has 0 unspecified atom stereocenters. The summed E-state index contributed by atoms with van der Waals surface area (Å²) in [5, 5.41) is 3.45. The molecule has 32 heavy (non-hydrogen) atoms. The van der Waals surface area contributed by atoms with Crippen LogP contribution in [0.5, 0.6) is 0 Å². The van der Waals surface area contributed by atoms with E-state index < -0.39 is 23.6 Å². The van der Waals surface area contributed by atoms with E-state index in [4.69, 9.17) is 4.42 Å². The number of fused-ring (bicyclic) bond motifs is 1. The second-order valence-corrected chi connectivity index (χ2v) is 7.65. The number of hydrogen-bond acceptors (Lipinski definition) is 5. The fourth-order valence-electron chi connectivity index (χ4n) is 3.65. The molecule has 8 heteroatoms. The first-order valence-electron chi connectivity index (χ1n) is 9.86. The second-order valence-electron chi connectivity index (χ2n) is 7.65. The smallest absolute Gasteiger partial charge is 0.282 e. The predicted octanol–water partition coefficient (Wildman–Crippen LogP) is 2.91. The number of aryl methyl sites for hydroxylation is 2. The molecule has 0 spiro atoms. The minimum Gasteiger partial charge on any atom is -0.457 e. The lowest BCUT2D eigenvalue weighted by molar-refractivity contribution is -0.117. The van der Waals surface area contributed by atoms with Crippen LogP contribution in [0.3, 0.4) is 0 Å². The Kier molecular flexibility index (Phi) is 4.30. The summed E-state index contributed by atoms with van der Waals surface area (Å²) in [7, 11) is 0. The molecule has 2 aliphatic rings. The van der Waals surface area contributed by atoms with Crippen LogP contribution < -0.4 is 15.8 Å². The Morgan fingerprint density at radius 3 is 2.38 bits per heavy atom. The Morgan fingerprint density at radius 2 is 1.59 bits per heavy atom. The molecule has 8 nitrogen and oxygen atoms in total. The number of imide groups is 1. The van der Waals surface area contributed by atoms with Crippen molar-refractivity contribution < 1.29 is 23.6 Å². The highest BCUT2D eigenvalue weighted by atomic mass is 16.3. The molecule has 0 bridgehead atoms. The zero-order valence-corrected chi connectivity index (χ0v) is 17.2. The summed E-state index contributed by atoms with van der Waals surface area (Å²) in [4.78, 5) is 48.9. The number of hydrazine groups is 1. The number of amides is 4. The van der Waals surface area contributed by atoms with Crippen LogP contribution in [0.25, 0.3) is 17.4 Å². The number of nitrogens with zero attached hydrogens (tertiary/aromatic N) is 1. The first-order valence-corrected chi connectivity index (χ1v) is 9.86. The van der Waals surface area contributed by atoms with Crippen LogP contribution >= 0.6 is 0 Å². The third-order valence-corrected chi connectivity index (χ3v) is 5.57. The highest BCUT2D eigenvalue weighted by Crippen LogP contribution is 2.29. The summed E-state index contributed by atoms with van der Waals surface area (Å²) in [5.41, 5.74) is 6.36. The van der Waals surface area contributed by atoms with Gasteiger partial charge in [0.1, 0.15) is 17.1 Å². The average molecular weight is 427 g/mol. The van der Waals surface area contributed by atoms with Crippen LogP contribution in [0.2, 0.25) is 0 Å². The van der Waals surface area contributed by atoms with Crippen molar-refractivity contribution in [3.8, 4) is 11.3 Å². The number of rotatable bonds is 3. The van der Waals surface area contributed by atoms with Crippen molar-refractivity contribution in [1.29, 1.82) is 0 Å². The first kappa shape index (κ1) is 19.5. The summed E-state index contributed by atoms with van der Waals surface area (Å²) < 4.78 is 5.78. The lowest BCUT2D eigenvalue weighted by Crippen LogP contribution is -2.35. The van der Waals surface area contributed by atoms with Gasteiger partial charge in [0.05, 0.1) is 16.8 Å². The van der Waals surface area contributed by atoms with Crippen LogP contribution in [0.1, 0.15) is 37.6 Å². The molecule has 4 amide bonds. The monoisotopic (exact) mass is 427 g/mol. The Bertz CT molecular complexity index is 1380. The van der Waals surface area contributed by atoms with Gasteiger partial charge in [0.25, 0.3) is 23.6 Å². The Balaban J connectivity index is 1.43. The van der Waals surface area contributed by atoms with Crippen LogP contribution in [-0.4, -0.2) is 23.6 Å². The van der Waals surface area contributed by atoms with E-state index in [0.717, 1.165) is 11.1 Å². The summed E-state index contributed by atoms with van der Waals surface area (Å²) in [6.07, 6.45) is 1.38. The van der Waals surface area contributed by atoms with Crippen molar-refractivity contribution in [2.24, 2.45) is 0 Å². The van der Waals surface area contributed by atoms with Gasteiger partial charge in [-0.2, -0.15) is 0 Å². The zero-order valence-electron chi connectivity index (χ0n) is 17.2. The van der Waals surface area contributed by atoms with Gasteiger partial charge in [0.15, 0.2) is 0 Å². The molecule has 1 fully saturated rings. The van der Waals surface area contributed by atoms with Crippen molar-refractivity contribution >= 4 is 35.4 Å². The summed E-state index contributed by atoms with van der Waals surface area (Å²) in [5.74, 6) is -1.16. The number of anilines is 1. The van der Waals surface area contributed by atoms with E-state index in [0.29, 0.717) is 28.3 Å². The van der Waals surface area contributed by atoms with Crippen molar-refractivity contribution in [3.05, 3.63) is 82.1 Å². The summed E-state index contributed by atoms with van der Waals surface area (Å²) >= 11 is 0. The molecule has 2 aromatic carbocycles. The molecule has 5 rings (SSSR count). The van der Waals surface area contributed by atoms with E-state index >= 15 is 0 Å². The predicted molar refractivity (Wildman–Crippen MR) is 115 cm³/mol. The van der Waals surface area contributed by atoms with Gasteiger partial charge in [-0.05, 0) is 67.4 Å². The van der Waals surface area contributed by atoms with Crippen molar-refractivity contribution in [1.82, 2.24) is 10.7 Å². The molecule has 3 aromatic rings. The van der Waals surface area contributed by atoms with Crippen molar-refractivity contribution in [2.45, 2.75) is 13.8 Å². The van der Waals surface area contributed by atoms with Gasteiger partial charge in [-0.25, -0.2) is 5.01 Å². The number of furan rings is 1. The second kappa shape index (κ2) is 7.05. The third kappa shape index (κ3) is 3.09. The highest BCUT2D eigenvalue weighted by Gasteiger charge is 2.35. The lowest BCUT2D eigenvalue weighted by Gasteiger charge is -2.15. The van der Waals surface area contributed by atoms with Crippen LogP contribution in [0.15, 0.2) is 58.5 Å². The van der Waals surface area contributed by atoms with Gasteiger partial charge < -0.3 is 4.42 Å². The number of nitrogens with one attached hydrogen (secondary N) is 2. The molecule has 2 N–H and O–H groups in total. The molecule has 1 saturated heterocycles. The van der Waals surface area contributed by atoms with Crippen LogP contribution in [0.4, 0.5) is 5.69 Å². The van der Waals surface area contributed by atoms with Crippen molar-refractivity contribution in [2.75, 3.05) is 5.01 Å². The topological polar surface area (TPSA) is 109 Å². The number of carbonyl (C=O) groups excluding carboxylic acids is 4. The van der Waals surface area contributed by atoms with E-state index in [1.165, 1.54) is 11.1 Å². The fourth-order valence-corrected chi connectivity index (χ4v) is 3.65. The normalized spacial score (nSPS) is 16.6. The summed E-state index contributed by atoms with van der Waals surface area (Å²) in [6, 6.07) is 13.6. The molecule has 2 aliphatic heterocycles. The van der Waals surface area contributed by atoms with Gasteiger partial charge >= 0.3 is 0 Å². The van der Waals surface area contributed by atoms with Crippen molar-refractivity contribution in [3.63, 3.8) is 0 Å². The number of benzene rings is 2. The maximum absolute atomic E-state index is 12.8. The molecular weight excluding hydrogens is 410 g/mol. The van der Waals surface area contributed by atoms with E-state index in [2.05, 4.69) is 10.7 Å². The van der Waals surface area contributed by atoms with Gasteiger partial charge in [0, 0.05) is 5.56 Å². The molecule has 1 aromatic heterocycles. The van der Waals surface area contributed by atoms with E-state index in [1.807, 2.05) is 26.0 Å². The average Bonchev–Trinajstić information content (AvgIpc) is 3.43. The van der Waals surface area contributed by atoms with Crippen LogP contribution in [-0.2, 0) is 9.59 Å². The molecular formula is C24H17N3O5. The van der Waals surface area contributed by atoms with Crippen LogP contribution in [0, 0.1) is 13.8 Å². The highest BCUT2D eigenvalue weighted by molar-refractivity contribution is 6.31. The summed E-state index contributed by atoms with van der Waals surface area (Å²) in [6.45, 7) is 3.90. The number of carbonyl (C=O) groups is 4. The van der Waals surface area contributed by atoms with Gasteiger partial charge in [-0.15, -0.1) is 0 Å². The van der Waals surface area contributed by atoms with Gasteiger partial charge in [0.2, 0.25) is 0 Å². The quantitative estimate of drug-likeness (QED) is 0.380. The Hall–Kier alpha value is -4.46.